The molecule has 5 heteroatoms. The minimum atomic E-state index is -0.523. The average molecular weight is 356 g/mol. The van der Waals surface area contributed by atoms with E-state index in [2.05, 4.69) is 23.2 Å². The molecule has 4 aromatic rings. The Balaban J connectivity index is 1.56. The van der Waals surface area contributed by atoms with E-state index in [1.807, 2.05) is 36.4 Å². The fourth-order valence-corrected chi connectivity index (χ4v) is 3.80. The van der Waals surface area contributed by atoms with E-state index >= 15 is 0 Å². The molecule has 0 radical (unpaired) electrons. The van der Waals surface area contributed by atoms with Gasteiger partial charge in [-0.2, -0.15) is 0 Å². The third-order valence-corrected chi connectivity index (χ3v) is 5.08. The van der Waals surface area contributed by atoms with Crippen LogP contribution >= 0.6 is 0 Å². The Bertz CT molecular complexity index is 1210. The number of hydrogen-bond donors (Lipinski definition) is 1. The van der Waals surface area contributed by atoms with Crippen LogP contribution in [-0.2, 0) is 0 Å². The van der Waals surface area contributed by atoms with Crippen molar-refractivity contribution in [3.63, 3.8) is 0 Å². The van der Waals surface area contributed by atoms with Gasteiger partial charge in [-0.3, -0.25) is 9.78 Å². The highest BCUT2D eigenvalue weighted by molar-refractivity contribution is 6.08. The molecule has 27 heavy (non-hydrogen) atoms. The van der Waals surface area contributed by atoms with Gasteiger partial charge in [-0.05, 0) is 35.4 Å². The van der Waals surface area contributed by atoms with E-state index in [4.69, 9.17) is 4.42 Å². The number of aromatic amines is 1. The van der Waals surface area contributed by atoms with Gasteiger partial charge in [0.25, 0.3) is 5.91 Å². The molecule has 132 valence electrons. The number of H-pyrrole nitrogens is 1. The molecule has 0 spiro atoms. The molecule has 5 rings (SSSR count). The Morgan fingerprint density at radius 3 is 2.63 bits per heavy atom. The maximum absolute atomic E-state index is 13.2. The fraction of sp³-hybridized carbons (Fsp3) is 0.0909. The monoisotopic (exact) mass is 356 g/mol. The zero-order chi connectivity index (χ0) is 18.4. The SMILES string of the molecule is O=C(c1ccc2[nH]c(=O)oc2c1)N1CC(c2ccccc2)c2ccccc21. The van der Waals surface area contributed by atoms with Crippen LogP contribution in [0.15, 0.2) is 82.0 Å². The zero-order valence-electron chi connectivity index (χ0n) is 14.4. The lowest BCUT2D eigenvalue weighted by Crippen LogP contribution is -2.29. The largest absolute Gasteiger partial charge is 0.417 e. The van der Waals surface area contributed by atoms with Crippen molar-refractivity contribution < 1.29 is 9.21 Å². The van der Waals surface area contributed by atoms with Gasteiger partial charge in [0, 0.05) is 23.7 Å². The van der Waals surface area contributed by atoms with Crippen molar-refractivity contribution in [3.8, 4) is 0 Å². The molecule has 1 unspecified atom stereocenters. The summed E-state index contributed by atoms with van der Waals surface area (Å²) >= 11 is 0. The van der Waals surface area contributed by atoms with Crippen molar-refractivity contribution >= 4 is 22.7 Å². The molecule has 1 aliphatic rings. The van der Waals surface area contributed by atoms with Crippen molar-refractivity contribution in [1.82, 2.24) is 4.98 Å². The predicted octanol–water partition coefficient (Wildman–Crippen LogP) is 3.91. The average Bonchev–Trinajstić information content (AvgIpc) is 3.27. The number of aromatic nitrogens is 1. The molecule has 0 saturated carbocycles. The Morgan fingerprint density at radius 2 is 1.78 bits per heavy atom. The summed E-state index contributed by atoms with van der Waals surface area (Å²) in [5.41, 5.74) is 4.72. The highest BCUT2D eigenvalue weighted by Crippen LogP contribution is 2.40. The molecular formula is C22H16N2O3. The second-order valence-electron chi connectivity index (χ2n) is 6.66. The molecule has 2 heterocycles. The normalized spacial score (nSPS) is 15.9. The summed E-state index contributed by atoms with van der Waals surface area (Å²) in [6.45, 7) is 0.581. The summed E-state index contributed by atoms with van der Waals surface area (Å²) in [6.07, 6.45) is 0. The molecule has 0 fully saturated rings. The van der Waals surface area contributed by atoms with Gasteiger partial charge in [0.1, 0.15) is 0 Å². The van der Waals surface area contributed by atoms with E-state index in [0.29, 0.717) is 23.2 Å². The van der Waals surface area contributed by atoms with Gasteiger partial charge in [0.2, 0.25) is 0 Å². The highest BCUT2D eigenvalue weighted by Gasteiger charge is 2.33. The number of nitrogens with one attached hydrogen (secondary N) is 1. The number of carbonyl (C=O) groups excluding carboxylic acids is 1. The standard InChI is InChI=1S/C22H16N2O3/c25-21(15-10-11-18-20(12-15)27-22(26)23-18)24-13-17(14-6-2-1-3-7-14)16-8-4-5-9-19(16)24/h1-12,17H,13H2,(H,23,26). The van der Waals surface area contributed by atoms with Gasteiger partial charge >= 0.3 is 5.76 Å². The van der Waals surface area contributed by atoms with Gasteiger partial charge in [0.15, 0.2) is 5.58 Å². The van der Waals surface area contributed by atoms with E-state index in [0.717, 1.165) is 11.3 Å². The number of anilines is 1. The summed E-state index contributed by atoms with van der Waals surface area (Å²) in [5.74, 6) is -0.489. The van der Waals surface area contributed by atoms with Crippen molar-refractivity contribution in [2.75, 3.05) is 11.4 Å². The number of oxazole rings is 1. The van der Waals surface area contributed by atoms with Crippen LogP contribution in [0.1, 0.15) is 27.4 Å². The minimum Gasteiger partial charge on any atom is -0.408 e. The summed E-state index contributed by atoms with van der Waals surface area (Å²) in [7, 11) is 0. The van der Waals surface area contributed by atoms with Crippen molar-refractivity contribution in [3.05, 3.63) is 100 Å². The number of amides is 1. The number of rotatable bonds is 2. The first-order valence-electron chi connectivity index (χ1n) is 8.79. The van der Waals surface area contributed by atoms with Gasteiger partial charge in [0.05, 0.1) is 5.52 Å². The smallest absolute Gasteiger partial charge is 0.408 e. The van der Waals surface area contributed by atoms with Crippen LogP contribution in [0, 0.1) is 0 Å². The third-order valence-electron chi connectivity index (χ3n) is 5.08. The van der Waals surface area contributed by atoms with Crippen LogP contribution in [0.2, 0.25) is 0 Å². The first-order chi connectivity index (χ1) is 13.2. The Kier molecular flexibility index (Phi) is 3.47. The van der Waals surface area contributed by atoms with Crippen LogP contribution in [0.3, 0.4) is 0 Å². The Hall–Kier alpha value is -3.60. The molecule has 3 aromatic carbocycles. The molecule has 5 nitrogen and oxygen atoms in total. The van der Waals surface area contributed by atoms with E-state index < -0.39 is 5.76 Å². The van der Waals surface area contributed by atoms with Crippen molar-refractivity contribution in [1.29, 1.82) is 0 Å². The maximum atomic E-state index is 13.2. The first-order valence-corrected chi connectivity index (χ1v) is 8.79. The lowest BCUT2D eigenvalue weighted by molar-refractivity contribution is 0.0988. The number of fused-ring (bicyclic) bond motifs is 2. The van der Waals surface area contributed by atoms with Gasteiger partial charge in [-0.25, -0.2) is 4.79 Å². The van der Waals surface area contributed by atoms with Crippen LogP contribution in [0.25, 0.3) is 11.1 Å². The van der Waals surface area contributed by atoms with Crippen molar-refractivity contribution in [2.45, 2.75) is 5.92 Å². The van der Waals surface area contributed by atoms with Crippen LogP contribution in [0.4, 0.5) is 5.69 Å². The number of para-hydroxylation sites is 1. The fourth-order valence-electron chi connectivity index (χ4n) is 3.80. The van der Waals surface area contributed by atoms with E-state index in [-0.39, 0.29) is 11.8 Å². The van der Waals surface area contributed by atoms with Crippen LogP contribution in [-0.4, -0.2) is 17.4 Å². The minimum absolute atomic E-state index is 0.105. The zero-order valence-corrected chi connectivity index (χ0v) is 14.4. The van der Waals surface area contributed by atoms with Gasteiger partial charge in [-0.1, -0.05) is 48.5 Å². The lowest BCUT2D eigenvalue weighted by atomic mass is 9.93. The number of benzene rings is 3. The van der Waals surface area contributed by atoms with Crippen LogP contribution in [0.5, 0.6) is 0 Å². The van der Waals surface area contributed by atoms with Crippen molar-refractivity contribution in [2.24, 2.45) is 0 Å². The molecule has 1 amide bonds. The Morgan fingerprint density at radius 1 is 1.00 bits per heavy atom. The maximum Gasteiger partial charge on any atom is 0.417 e. The number of hydrogen-bond acceptors (Lipinski definition) is 3. The molecular weight excluding hydrogens is 340 g/mol. The first kappa shape index (κ1) is 15.6. The predicted molar refractivity (Wildman–Crippen MR) is 103 cm³/mol. The highest BCUT2D eigenvalue weighted by atomic mass is 16.4. The van der Waals surface area contributed by atoms with E-state index in [1.54, 1.807) is 23.1 Å². The van der Waals surface area contributed by atoms with Gasteiger partial charge in [-0.15, -0.1) is 0 Å². The quantitative estimate of drug-likeness (QED) is 0.592. The molecule has 1 aromatic heterocycles. The summed E-state index contributed by atoms with van der Waals surface area (Å²) in [4.78, 5) is 29.0. The topological polar surface area (TPSA) is 66.3 Å². The second kappa shape index (κ2) is 5.99. The van der Waals surface area contributed by atoms with Gasteiger partial charge < -0.3 is 9.32 Å². The van der Waals surface area contributed by atoms with E-state index in [9.17, 15) is 9.59 Å². The molecule has 1 aliphatic heterocycles. The number of carbonyl (C=O) groups is 1. The van der Waals surface area contributed by atoms with E-state index in [1.165, 1.54) is 5.56 Å². The lowest BCUT2D eigenvalue weighted by Gasteiger charge is -2.18. The Labute approximate surface area is 154 Å². The molecule has 0 saturated heterocycles. The number of nitrogens with zero attached hydrogens (tertiary/aromatic N) is 1. The molecule has 1 atom stereocenters. The third kappa shape index (κ3) is 2.56. The summed E-state index contributed by atoms with van der Waals surface area (Å²) in [6, 6.07) is 23.3. The second-order valence-corrected chi connectivity index (χ2v) is 6.66. The summed E-state index contributed by atoms with van der Waals surface area (Å²) in [5, 5.41) is 0. The molecule has 0 bridgehead atoms. The van der Waals surface area contributed by atoms with Crippen LogP contribution < -0.4 is 10.7 Å². The molecule has 1 N–H and O–H groups in total. The summed E-state index contributed by atoms with van der Waals surface area (Å²) < 4.78 is 5.10. The molecule has 0 aliphatic carbocycles.